The molecule has 1 heterocycles. The van der Waals surface area contributed by atoms with Crippen LogP contribution in [0.15, 0.2) is 0 Å². The molecule has 1 aliphatic rings. The molecule has 0 aromatic rings. The van der Waals surface area contributed by atoms with Crippen LogP contribution in [0.2, 0.25) is 0 Å². The summed E-state index contributed by atoms with van der Waals surface area (Å²) in [5.41, 5.74) is 1.98. The van der Waals surface area contributed by atoms with Crippen molar-refractivity contribution >= 4 is 5.91 Å². The van der Waals surface area contributed by atoms with E-state index in [0.29, 0.717) is 0 Å². The van der Waals surface area contributed by atoms with Gasteiger partial charge >= 0.3 is 0 Å². The van der Waals surface area contributed by atoms with Gasteiger partial charge < -0.3 is 10.5 Å². The molecule has 4 nitrogen and oxygen atoms in total. The molecule has 1 aliphatic heterocycles. The van der Waals surface area contributed by atoms with Crippen molar-refractivity contribution in [1.82, 2.24) is 10.8 Å². The van der Waals surface area contributed by atoms with E-state index in [1.165, 1.54) is 0 Å². The molecular formula is C6H12N2O2. The second-order valence-electron chi connectivity index (χ2n) is 2.47. The van der Waals surface area contributed by atoms with E-state index in [4.69, 9.17) is 5.21 Å². The van der Waals surface area contributed by atoms with Crippen molar-refractivity contribution < 1.29 is 10.0 Å². The molecule has 1 saturated heterocycles. The monoisotopic (exact) mass is 144 g/mol. The topological polar surface area (TPSA) is 61.4 Å². The second kappa shape index (κ2) is 3.53. The fraction of sp³-hybridized carbons (Fsp3) is 0.833. The highest BCUT2D eigenvalue weighted by Crippen LogP contribution is 2.03. The predicted molar refractivity (Wildman–Crippen MR) is 35.6 cm³/mol. The van der Waals surface area contributed by atoms with E-state index >= 15 is 0 Å². The van der Waals surface area contributed by atoms with Crippen LogP contribution in [0.5, 0.6) is 0 Å². The highest BCUT2D eigenvalue weighted by atomic mass is 16.5. The van der Waals surface area contributed by atoms with Crippen molar-refractivity contribution in [3.63, 3.8) is 0 Å². The zero-order valence-electron chi connectivity index (χ0n) is 5.76. The summed E-state index contributed by atoms with van der Waals surface area (Å²) in [6.07, 6.45) is 2.71. The lowest BCUT2D eigenvalue weighted by Gasteiger charge is -2.08. The minimum atomic E-state index is -0.400. The Morgan fingerprint density at radius 2 is 2.40 bits per heavy atom. The van der Waals surface area contributed by atoms with Crippen molar-refractivity contribution in [2.45, 2.75) is 25.3 Å². The Kier molecular flexibility index (Phi) is 2.65. The standard InChI is InChI=1S/C6H12N2O2/c9-6-5(8-10)3-1-2-4-7-6/h5,8,10H,1-4H2,(H,7,9). The van der Waals surface area contributed by atoms with Crippen LogP contribution in [-0.4, -0.2) is 23.7 Å². The fourth-order valence-corrected chi connectivity index (χ4v) is 1.06. The number of rotatable bonds is 1. The second-order valence-corrected chi connectivity index (χ2v) is 2.47. The first-order valence-electron chi connectivity index (χ1n) is 3.52. The number of carbonyl (C=O) groups is 1. The maximum atomic E-state index is 10.9. The summed E-state index contributed by atoms with van der Waals surface area (Å²) in [5, 5.41) is 11.2. The molecule has 58 valence electrons. The summed E-state index contributed by atoms with van der Waals surface area (Å²) >= 11 is 0. The number of amides is 1. The summed E-state index contributed by atoms with van der Waals surface area (Å²) in [7, 11) is 0. The Morgan fingerprint density at radius 3 is 3.10 bits per heavy atom. The smallest absolute Gasteiger partial charge is 0.239 e. The summed E-state index contributed by atoms with van der Waals surface area (Å²) in [5.74, 6) is -0.0972. The highest BCUT2D eigenvalue weighted by molar-refractivity contribution is 5.81. The van der Waals surface area contributed by atoms with Gasteiger partial charge in [-0.3, -0.25) is 4.79 Å². The van der Waals surface area contributed by atoms with E-state index in [1.807, 2.05) is 5.48 Å². The Labute approximate surface area is 59.6 Å². The highest BCUT2D eigenvalue weighted by Gasteiger charge is 2.18. The van der Waals surface area contributed by atoms with Crippen molar-refractivity contribution in [3.8, 4) is 0 Å². The zero-order valence-corrected chi connectivity index (χ0v) is 5.76. The number of nitrogens with one attached hydrogen (secondary N) is 2. The van der Waals surface area contributed by atoms with Crippen molar-refractivity contribution in [1.29, 1.82) is 0 Å². The molecular weight excluding hydrogens is 132 g/mol. The first kappa shape index (κ1) is 7.50. The summed E-state index contributed by atoms with van der Waals surface area (Å²) < 4.78 is 0. The van der Waals surface area contributed by atoms with Gasteiger partial charge in [-0.25, -0.2) is 0 Å². The molecule has 0 aromatic heterocycles. The lowest BCUT2D eigenvalue weighted by Crippen LogP contribution is -2.41. The molecule has 1 unspecified atom stereocenters. The molecule has 1 fully saturated rings. The maximum absolute atomic E-state index is 10.9. The molecule has 0 aliphatic carbocycles. The van der Waals surface area contributed by atoms with E-state index in [9.17, 15) is 4.79 Å². The van der Waals surface area contributed by atoms with Crippen molar-refractivity contribution in [2.75, 3.05) is 6.54 Å². The summed E-state index contributed by atoms with van der Waals surface area (Å²) in [4.78, 5) is 10.9. The third kappa shape index (κ3) is 1.68. The SMILES string of the molecule is O=C1NCCCCC1NO. The lowest BCUT2D eigenvalue weighted by molar-refractivity contribution is -0.125. The number of hydrogen-bond acceptors (Lipinski definition) is 3. The largest absolute Gasteiger partial charge is 0.355 e. The first-order valence-corrected chi connectivity index (χ1v) is 3.52. The Morgan fingerprint density at radius 1 is 1.60 bits per heavy atom. The molecule has 0 bridgehead atoms. The summed E-state index contributed by atoms with van der Waals surface area (Å²) in [6.45, 7) is 0.733. The van der Waals surface area contributed by atoms with E-state index in [0.717, 1.165) is 25.8 Å². The molecule has 4 heteroatoms. The molecule has 0 radical (unpaired) electrons. The first-order chi connectivity index (χ1) is 4.84. The van der Waals surface area contributed by atoms with E-state index in [2.05, 4.69) is 5.32 Å². The van der Waals surface area contributed by atoms with Crippen LogP contribution in [0.4, 0.5) is 0 Å². The molecule has 0 saturated carbocycles. The average molecular weight is 144 g/mol. The minimum Gasteiger partial charge on any atom is -0.355 e. The molecule has 0 aromatic carbocycles. The van der Waals surface area contributed by atoms with Crippen molar-refractivity contribution in [3.05, 3.63) is 0 Å². The number of hydroxylamine groups is 1. The van der Waals surface area contributed by atoms with Crippen LogP contribution in [0.25, 0.3) is 0 Å². The predicted octanol–water partition coefficient (Wildman–Crippen LogP) is -0.366. The summed E-state index contributed by atoms with van der Waals surface area (Å²) in [6, 6.07) is -0.400. The molecule has 1 rings (SSSR count). The molecule has 3 N–H and O–H groups in total. The van der Waals surface area contributed by atoms with Gasteiger partial charge in [-0.1, -0.05) is 0 Å². The van der Waals surface area contributed by atoms with Gasteiger partial charge in [0.15, 0.2) is 0 Å². The van der Waals surface area contributed by atoms with Gasteiger partial charge in [-0.15, -0.1) is 0 Å². The maximum Gasteiger partial charge on any atom is 0.239 e. The third-order valence-corrected chi connectivity index (χ3v) is 1.69. The van der Waals surface area contributed by atoms with Gasteiger partial charge in [0, 0.05) is 6.54 Å². The average Bonchev–Trinajstić information content (AvgIpc) is 2.13. The van der Waals surface area contributed by atoms with Crippen molar-refractivity contribution in [2.24, 2.45) is 0 Å². The number of carbonyl (C=O) groups excluding carboxylic acids is 1. The lowest BCUT2D eigenvalue weighted by atomic mass is 10.1. The normalized spacial score (nSPS) is 27.3. The Bertz CT molecular complexity index is 127. The van der Waals surface area contributed by atoms with Crippen LogP contribution in [0, 0.1) is 0 Å². The van der Waals surface area contributed by atoms with Gasteiger partial charge in [0.1, 0.15) is 6.04 Å². The van der Waals surface area contributed by atoms with E-state index in [-0.39, 0.29) is 5.91 Å². The minimum absolute atomic E-state index is 0.0972. The van der Waals surface area contributed by atoms with Gasteiger partial charge in [-0.2, -0.15) is 5.48 Å². The van der Waals surface area contributed by atoms with Gasteiger partial charge in [0.05, 0.1) is 0 Å². The van der Waals surface area contributed by atoms with Crippen LogP contribution in [-0.2, 0) is 4.79 Å². The Hall–Kier alpha value is -0.610. The quantitative estimate of drug-likeness (QED) is 0.440. The van der Waals surface area contributed by atoms with E-state index < -0.39 is 6.04 Å². The molecule has 1 atom stereocenters. The molecule has 0 spiro atoms. The van der Waals surface area contributed by atoms with Gasteiger partial charge in [0.2, 0.25) is 5.91 Å². The van der Waals surface area contributed by atoms with Crippen LogP contribution < -0.4 is 10.8 Å². The van der Waals surface area contributed by atoms with Crippen LogP contribution in [0.1, 0.15) is 19.3 Å². The Balaban J connectivity index is 2.43. The molecule has 10 heavy (non-hydrogen) atoms. The van der Waals surface area contributed by atoms with Gasteiger partial charge in [-0.05, 0) is 19.3 Å². The zero-order chi connectivity index (χ0) is 7.40. The van der Waals surface area contributed by atoms with Crippen LogP contribution >= 0.6 is 0 Å². The van der Waals surface area contributed by atoms with Gasteiger partial charge in [0.25, 0.3) is 0 Å². The number of hydrogen-bond donors (Lipinski definition) is 3. The van der Waals surface area contributed by atoms with Crippen LogP contribution in [0.3, 0.4) is 0 Å². The van der Waals surface area contributed by atoms with E-state index in [1.54, 1.807) is 0 Å². The fourth-order valence-electron chi connectivity index (χ4n) is 1.06. The third-order valence-electron chi connectivity index (χ3n) is 1.69. The molecule has 1 amide bonds.